The van der Waals surface area contributed by atoms with Crippen LogP contribution < -0.4 is 0 Å². The maximum atomic E-state index is 11.0. The lowest BCUT2D eigenvalue weighted by Crippen LogP contribution is -2.02. The van der Waals surface area contributed by atoms with Crippen LogP contribution in [0.3, 0.4) is 0 Å². The van der Waals surface area contributed by atoms with Gasteiger partial charge in [-0.05, 0) is 34.0 Å². The molecule has 4 rings (SSSR count). The van der Waals surface area contributed by atoms with E-state index in [4.69, 9.17) is 0 Å². The molecule has 0 saturated carbocycles. The van der Waals surface area contributed by atoms with E-state index in [0.29, 0.717) is 0 Å². The van der Waals surface area contributed by atoms with Gasteiger partial charge in [-0.2, -0.15) is 11.3 Å². The molecule has 104 valence electrons. The lowest BCUT2D eigenvalue weighted by molar-refractivity contribution is 0.112. The van der Waals surface area contributed by atoms with E-state index in [2.05, 4.69) is 24.3 Å². The Morgan fingerprint density at radius 1 is 0.857 bits per heavy atom. The minimum absolute atomic E-state index is 0.819. The Hall–Kier alpha value is -1.84. The highest BCUT2D eigenvalue weighted by molar-refractivity contribution is 7.99. The Morgan fingerprint density at radius 3 is 2.33 bits per heavy atom. The molecule has 2 heterocycles. The quantitative estimate of drug-likeness (QED) is 0.444. The standard InChI is InChI=1S/C14H10OS.C4H4S/c15-9-11-5-3-7-14-12(11)8-10-4-1-2-6-13(10)16-14;1-2-4-5-3-1/h1-7,9H,8H2;1-4H. The maximum absolute atomic E-state index is 11.0. The zero-order valence-electron chi connectivity index (χ0n) is 11.4. The van der Waals surface area contributed by atoms with Gasteiger partial charge in [0.15, 0.2) is 0 Å². The molecule has 0 N–H and O–H groups in total. The fraction of sp³-hybridized carbons (Fsp3) is 0.0556. The van der Waals surface area contributed by atoms with Crippen molar-refractivity contribution in [2.45, 2.75) is 16.2 Å². The van der Waals surface area contributed by atoms with Gasteiger partial charge in [-0.1, -0.05) is 54.2 Å². The van der Waals surface area contributed by atoms with Crippen molar-refractivity contribution in [1.29, 1.82) is 0 Å². The van der Waals surface area contributed by atoms with Gasteiger partial charge < -0.3 is 0 Å². The molecule has 1 aliphatic rings. The monoisotopic (exact) mass is 310 g/mol. The second kappa shape index (κ2) is 6.74. The smallest absolute Gasteiger partial charge is 0.150 e. The Morgan fingerprint density at radius 2 is 1.62 bits per heavy atom. The van der Waals surface area contributed by atoms with E-state index < -0.39 is 0 Å². The van der Waals surface area contributed by atoms with Gasteiger partial charge in [0.05, 0.1) is 0 Å². The van der Waals surface area contributed by atoms with E-state index >= 15 is 0 Å². The molecule has 21 heavy (non-hydrogen) atoms. The zero-order valence-corrected chi connectivity index (χ0v) is 13.0. The molecule has 0 atom stereocenters. The summed E-state index contributed by atoms with van der Waals surface area (Å²) < 4.78 is 0. The summed E-state index contributed by atoms with van der Waals surface area (Å²) in [5.41, 5.74) is 3.30. The van der Waals surface area contributed by atoms with Crippen molar-refractivity contribution in [3.8, 4) is 0 Å². The second-order valence-electron chi connectivity index (χ2n) is 4.62. The van der Waals surface area contributed by atoms with Gasteiger partial charge in [0.25, 0.3) is 0 Å². The highest BCUT2D eigenvalue weighted by Crippen LogP contribution is 2.40. The summed E-state index contributed by atoms with van der Waals surface area (Å²) in [6.07, 6.45) is 1.82. The van der Waals surface area contributed by atoms with Crippen LogP contribution in [0.1, 0.15) is 21.5 Å². The molecule has 0 bridgehead atoms. The molecule has 0 fully saturated rings. The van der Waals surface area contributed by atoms with Crippen LogP contribution in [-0.4, -0.2) is 6.29 Å². The van der Waals surface area contributed by atoms with E-state index in [0.717, 1.165) is 18.3 Å². The van der Waals surface area contributed by atoms with Gasteiger partial charge in [-0.15, -0.1) is 0 Å². The van der Waals surface area contributed by atoms with Crippen molar-refractivity contribution < 1.29 is 4.79 Å². The average Bonchev–Trinajstić information content (AvgIpc) is 3.12. The molecule has 0 amide bonds. The van der Waals surface area contributed by atoms with Gasteiger partial charge in [0, 0.05) is 21.8 Å². The molecular weight excluding hydrogens is 296 g/mol. The summed E-state index contributed by atoms with van der Waals surface area (Å²) in [6, 6.07) is 18.3. The number of carbonyl (C=O) groups excluding carboxylic acids is 1. The van der Waals surface area contributed by atoms with Crippen LogP contribution in [0.15, 0.2) is 75.1 Å². The van der Waals surface area contributed by atoms with Crippen LogP contribution in [-0.2, 0) is 6.42 Å². The van der Waals surface area contributed by atoms with Crippen LogP contribution in [0.25, 0.3) is 0 Å². The molecule has 1 aliphatic heterocycles. The zero-order chi connectivity index (χ0) is 14.5. The number of rotatable bonds is 1. The molecule has 0 radical (unpaired) electrons. The number of benzene rings is 2. The molecule has 3 heteroatoms. The molecule has 0 spiro atoms. The van der Waals surface area contributed by atoms with Crippen molar-refractivity contribution in [1.82, 2.24) is 0 Å². The van der Waals surface area contributed by atoms with Gasteiger partial charge in [-0.3, -0.25) is 4.79 Å². The van der Waals surface area contributed by atoms with Crippen molar-refractivity contribution in [3.63, 3.8) is 0 Å². The first-order chi connectivity index (χ1) is 10.4. The van der Waals surface area contributed by atoms with Crippen molar-refractivity contribution in [3.05, 3.63) is 82.0 Å². The fourth-order valence-corrected chi connectivity index (χ4v) is 3.83. The fourth-order valence-electron chi connectivity index (χ4n) is 2.26. The Kier molecular flexibility index (Phi) is 4.53. The SMILES string of the molecule is O=Cc1cccc2c1Cc1ccccc1S2.c1ccsc1. The third-order valence-corrected chi connectivity index (χ3v) is 5.13. The normalized spacial score (nSPS) is 11.6. The summed E-state index contributed by atoms with van der Waals surface area (Å²) in [4.78, 5) is 13.5. The minimum atomic E-state index is 0.819. The minimum Gasteiger partial charge on any atom is -0.298 e. The van der Waals surface area contributed by atoms with E-state index in [1.807, 2.05) is 41.1 Å². The van der Waals surface area contributed by atoms with Gasteiger partial charge >= 0.3 is 0 Å². The Labute approximate surface area is 132 Å². The molecule has 0 saturated heterocycles. The molecular formula is C18H14OS2. The summed E-state index contributed by atoms with van der Waals surface area (Å²) >= 11 is 3.47. The van der Waals surface area contributed by atoms with Gasteiger partial charge in [0.1, 0.15) is 6.29 Å². The molecule has 1 nitrogen and oxygen atoms in total. The summed E-state index contributed by atoms with van der Waals surface area (Å²) in [5, 5.41) is 4.08. The Bertz CT molecular complexity index is 716. The number of carbonyl (C=O) groups is 1. The number of aldehydes is 1. The van der Waals surface area contributed by atoms with E-state index in [-0.39, 0.29) is 0 Å². The predicted molar refractivity (Wildman–Crippen MR) is 89.5 cm³/mol. The first-order valence-electron chi connectivity index (χ1n) is 6.68. The van der Waals surface area contributed by atoms with Crippen molar-refractivity contribution in [2.75, 3.05) is 0 Å². The van der Waals surface area contributed by atoms with E-state index in [1.165, 1.54) is 20.9 Å². The van der Waals surface area contributed by atoms with Crippen LogP contribution in [0.4, 0.5) is 0 Å². The van der Waals surface area contributed by atoms with Crippen LogP contribution in [0, 0.1) is 0 Å². The molecule has 1 aromatic heterocycles. The highest BCUT2D eigenvalue weighted by Gasteiger charge is 2.17. The van der Waals surface area contributed by atoms with Crippen LogP contribution in [0.2, 0.25) is 0 Å². The van der Waals surface area contributed by atoms with Gasteiger partial charge in [0.2, 0.25) is 0 Å². The lowest BCUT2D eigenvalue weighted by atomic mass is 10.00. The summed E-state index contributed by atoms with van der Waals surface area (Å²) in [7, 11) is 0. The maximum Gasteiger partial charge on any atom is 0.150 e. The predicted octanol–water partition coefficient (Wildman–Crippen LogP) is 5.30. The second-order valence-corrected chi connectivity index (χ2v) is 6.52. The summed E-state index contributed by atoms with van der Waals surface area (Å²) in [6.45, 7) is 0. The highest BCUT2D eigenvalue weighted by atomic mass is 32.2. The third kappa shape index (κ3) is 3.26. The van der Waals surface area contributed by atoms with Gasteiger partial charge in [-0.25, -0.2) is 0 Å². The van der Waals surface area contributed by atoms with E-state index in [1.54, 1.807) is 23.1 Å². The molecule has 2 aromatic carbocycles. The van der Waals surface area contributed by atoms with Crippen LogP contribution >= 0.6 is 23.1 Å². The number of hydrogen-bond acceptors (Lipinski definition) is 3. The third-order valence-electron chi connectivity index (χ3n) is 3.28. The van der Waals surface area contributed by atoms with Crippen molar-refractivity contribution >= 4 is 29.4 Å². The molecule has 3 aromatic rings. The average molecular weight is 310 g/mol. The summed E-state index contributed by atoms with van der Waals surface area (Å²) in [5.74, 6) is 0. The topological polar surface area (TPSA) is 17.1 Å². The van der Waals surface area contributed by atoms with Crippen LogP contribution in [0.5, 0.6) is 0 Å². The number of hydrogen-bond donors (Lipinski definition) is 0. The lowest BCUT2D eigenvalue weighted by Gasteiger charge is -2.19. The first kappa shape index (κ1) is 14.1. The molecule has 0 unspecified atom stereocenters. The molecule has 0 aliphatic carbocycles. The van der Waals surface area contributed by atoms with Crippen molar-refractivity contribution in [2.24, 2.45) is 0 Å². The largest absolute Gasteiger partial charge is 0.298 e. The van der Waals surface area contributed by atoms with E-state index in [9.17, 15) is 4.79 Å². The number of fused-ring (bicyclic) bond motifs is 2. The first-order valence-corrected chi connectivity index (χ1v) is 8.44. The Balaban J connectivity index is 0.000000225. The number of thiophene rings is 1.